The van der Waals surface area contributed by atoms with Crippen molar-refractivity contribution in [1.29, 1.82) is 0 Å². The van der Waals surface area contributed by atoms with Gasteiger partial charge in [-0.05, 0) is 69.6 Å². The third-order valence-electron chi connectivity index (χ3n) is 7.79. The van der Waals surface area contributed by atoms with Gasteiger partial charge in [0.2, 0.25) is 0 Å². The summed E-state index contributed by atoms with van der Waals surface area (Å²) in [7, 11) is -1.67. The van der Waals surface area contributed by atoms with E-state index in [1.54, 1.807) is 0 Å². The minimum Gasteiger partial charge on any atom is -0.0739 e. The van der Waals surface area contributed by atoms with Gasteiger partial charge in [-0.25, -0.2) is 0 Å². The van der Waals surface area contributed by atoms with E-state index in [0.717, 1.165) is 18.8 Å². The predicted octanol–water partition coefficient (Wildman–Crippen LogP) is 7.86. The second-order valence-corrected chi connectivity index (χ2v) is 15.5. The fourth-order valence-electron chi connectivity index (χ4n) is 6.27. The third kappa shape index (κ3) is 5.31. The largest absolute Gasteiger partial charge is 0.347 e. The first-order valence-electron chi connectivity index (χ1n) is 12.3. The molecule has 2 aliphatic rings. The number of hydrogen-bond acceptors (Lipinski definition) is 1. The lowest BCUT2D eigenvalue weighted by Crippen LogP contribution is -2.32. The summed E-state index contributed by atoms with van der Waals surface area (Å²) in [5.74, 6) is 1.37. The van der Waals surface area contributed by atoms with Crippen LogP contribution >= 0.6 is 15.7 Å². The molecule has 2 aromatic carbocycles. The molecule has 0 amide bonds. The summed E-state index contributed by atoms with van der Waals surface area (Å²) in [6.45, 7) is 7.07. The maximum atomic E-state index is 14.0. The van der Waals surface area contributed by atoms with E-state index in [2.05, 4.69) is 81.4 Å². The van der Waals surface area contributed by atoms with E-state index in [1.165, 1.54) is 49.1 Å². The minimum atomic E-state index is -1.22. The molecule has 0 aliphatic heterocycles. The van der Waals surface area contributed by atoms with Crippen molar-refractivity contribution >= 4 is 26.3 Å². The molecule has 2 aliphatic carbocycles. The molecule has 0 spiro atoms. The Hall–Kier alpha value is -1.03. The molecule has 4 atom stereocenters. The molecule has 2 aromatic rings. The number of rotatable bonds is 8. The molecule has 0 radical (unpaired) electrons. The molecular formula is C28H39OP2+. The molecule has 31 heavy (non-hydrogen) atoms. The summed E-state index contributed by atoms with van der Waals surface area (Å²) in [5, 5.41) is 2.89. The second-order valence-electron chi connectivity index (χ2n) is 10.4. The van der Waals surface area contributed by atoms with Crippen LogP contribution in [0.25, 0.3) is 0 Å². The fourth-order valence-corrected chi connectivity index (χ4v) is 11.9. The number of hydrogen-bond donors (Lipinski definition) is 0. The molecule has 0 bridgehead atoms. The van der Waals surface area contributed by atoms with Gasteiger partial charge in [0.1, 0.15) is 0 Å². The zero-order chi connectivity index (χ0) is 21.8. The molecular weight excluding hydrogens is 414 g/mol. The van der Waals surface area contributed by atoms with Gasteiger partial charge in [-0.1, -0.05) is 97.8 Å². The lowest BCUT2D eigenvalue weighted by atomic mass is 9.95. The van der Waals surface area contributed by atoms with Crippen LogP contribution in [0.2, 0.25) is 0 Å². The van der Waals surface area contributed by atoms with Crippen molar-refractivity contribution in [2.24, 2.45) is 11.8 Å². The van der Waals surface area contributed by atoms with Crippen LogP contribution < -0.4 is 10.6 Å². The molecule has 2 fully saturated rings. The van der Waals surface area contributed by atoms with Gasteiger partial charge >= 0.3 is 7.80 Å². The van der Waals surface area contributed by atoms with Crippen molar-refractivity contribution in [3.8, 4) is 0 Å². The maximum Gasteiger partial charge on any atom is 0.347 e. The average Bonchev–Trinajstić information content (AvgIpc) is 3.46. The van der Waals surface area contributed by atoms with Crippen molar-refractivity contribution in [3.05, 3.63) is 60.7 Å². The van der Waals surface area contributed by atoms with Gasteiger partial charge in [0, 0.05) is 5.92 Å². The molecule has 2 saturated carbocycles. The van der Waals surface area contributed by atoms with Crippen LogP contribution in [-0.2, 0) is 4.57 Å². The van der Waals surface area contributed by atoms with Gasteiger partial charge < -0.3 is 0 Å². The molecule has 4 unspecified atom stereocenters. The monoisotopic (exact) mass is 453 g/mol. The SMILES string of the molecule is CC(C1CCCC1[P+](=O)C(C)(C)CC1CCCC1)P(c1ccccc1)c1ccccc1. The van der Waals surface area contributed by atoms with Crippen LogP contribution in [0.5, 0.6) is 0 Å². The molecule has 3 heteroatoms. The van der Waals surface area contributed by atoms with Crippen molar-refractivity contribution < 1.29 is 4.57 Å². The highest BCUT2D eigenvalue weighted by Crippen LogP contribution is 2.58. The summed E-state index contributed by atoms with van der Waals surface area (Å²) in [5.41, 5.74) is 0.937. The average molecular weight is 454 g/mol. The fraction of sp³-hybridized carbons (Fsp3) is 0.571. The van der Waals surface area contributed by atoms with Gasteiger partial charge in [-0.3, -0.25) is 0 Å². The van der Waals surface area contributed by atoms with E-state index >= 15 is 0 Å². The van der Waals surface area contributed by atoms with Gasteiger partial charge in [0.25, 0.3) is 0 Å². The van der Waals surface area contributed by atoms with E-state index in [4.69, 9.17) is 0 Å². The van der Waals surface area contributed by atoms with Crippen LogP contribution in [0.15, 0.2) is 60.7 Å². The third-order valence-corrected chi connectivity index (χ3v) is 13.3. The second kappa shape index (κ2) is 10.3. The standard InChI is InChI=1S/C28H39OP2/c1-22(30(24-15-6-4-7-16-24)25-17-8-5-9-18-25)26-19-12-20-27(26)31(29)28(2,3)21-23-13-10-11-14-23/h4-9,15-18,22-23,26-27H,10-14,19-21H2,1-3H3/q+1. The van der Waals surface area contributed by atoms with E-state index in [-0.39, 0.29) is 5.16 Å². The Labute approximate surface area is 192 Å². The zero-order valence-electron chi connectivity index (χ0n) is 19.5. The molecule has 0 saturated heterocycles. The molecule has 0 aromatic heterocycles. The maximum absolute atomic E-state index is 14.0. The lowest BCUT2D eigenvalue weighted by Gasteiger charge is -2.32. The van der Waals surface area contributed by atoms with E-state index in [1.807, 2.05) is 0 Å². The van der Waals surface area contributed by atoms with E-state index in [9.17, 15) is 4.57 Å². The summed E-state index contributed by atoms with van der Waals surface area (Å²) < 4.78 is 14.0. The zero-order valence-corrected chi connectivity index (χ0v) is 21.3. The molecule has 1 nitrogen and oxygen atoms in total. The smallest absolute Gasteiger partial charge is 0.0739 e. The van der Waals surface area contributed by atoms with E-state index in [0.29, 0.717) is 17.2 Å². The summed E-state index contributed by atoms with van der Waals surface area (Å²) in [4.78, 5) is 0. The van der Waals surface area contributed by atoms with E-state index < -0.39 is 15.7 Å². The molecule has 4 rings (SSSR count). The van der Waals surface area contributed by atoms with Crippen molar-refractivity contribution in [2.45, 2.75) is 88.6 Å². The quantitative estimate of drug-likeness (QED) is 0.372. The molecule has 166 valence electrons. The van der Waals surface area contributed by atoms with Gasteiger partial charge in [0.05, 0.1) is 0 Å². The van der Waals surface area contributed by atoms with Crippen LogP contribution in [0.3, 0.4) is 0 Å². The normalized spacial score (nSPS) is 23.9. The molecule has 0 heterocycles. The first-order chi connectivity index (χ1) is 15.0. The minimum absolute atomic E-state index is 0.0282. The van der Waals surface area contributed by atoms with Crippen molar-refractivity contribution in [3.63, 3.8) is 0 Å². The topological polar surface area (TPSA) is 17.1 Å². The summed E-state index contributed by atoms with van der Waals surface area (Å²) >= 11 is 0. The summed E-state index contributed by atoms with van der Waals surface area (Å²) in [6.07, 6.45) is 10.3. The number of benzene rings is 2. The van der Waals surface area contributed by atoms with Gasteiger partial charge in [0.15, 0.2) is 10.8 Å². The Kier molecular flexibility index (Phi) is 7.67. The van der Waals surface area contributed by atoms with Crippen LogP contribution in [0, 0.1) is 11.8 Å². The van der Waals surface area contributed by atoms with Gasteiger partial charge in [-0.15, -0.1) is 0 Å². The summed E-state index contributed by atoms with van der Waals surface area (Å²) in [6, 6.07) is 22.2. The predicted molar refractivity (Wildman–Crippen MR) is 138 cm³/mol. The van der Waals surface area contributed by atoms with Crippen molar-refractivity contribution in [2.75, 3.05) is 0 Å². The Morgan fingerprint density at radius 2 is 1.42 bits per heavy atom. The Morgan fingerprint density at radius 1 is 0.871 bits per heavy atom. The molecule has 0 N–H and O–H groups in total. The highest BCUT2D eigenvalue weighted by atomic mass is 31.1. The highest BCUT2D eigenvalue weighted by Gasteiger charge is 2.53. The Balaban J connectivity index is 1.58. The first kappa shape index (κ1) is 23.1. The first-order valence-corrected chi connectivity index (χ1v) is 15.1. The highest BCUT2D eigenvalue weighted by molar-refractivity contribution is 7.73. The lowest BCUT2D eigenvalue weighted by molar-refractivity contribution is 0.419. The van der Waals surface area contributed by atoms with Crippen molar-refractivity contribution in [1.82, 2.24) is 0 Å². The Bertz CT molecular complexity index is 802. The van der Waals surface area contributed by atoms with Crippen LogP contribution in [0.4, 0.5) is 0 Å². The van der Waals surface area contributed by atoms with Crippen LogP contribution in [0.1, 0.15) is 72.1 Å². The van der Waals surface area contributed by atoms with Gasteiger partial charge in [-0.2, -0.15) is 0 Å². The van der Waals surface area contributed by atoms with Crippen LogP contribution in [-0.4, -0.2) is 16.5 Å². The Morgan fingerprint density at radius 3 is 1.97 bits per heavy atom.